The van der Waals surface area contributed by atoms with Gasteiger partial charge in [0.15, 0.2) is 5.72 Å². The largest absolute Gasteiger partial charge is 0.364 e. The van der Waals surface area contributed by atoms with E-state index in [1.165, 1.54) is 0 Å². The number of urea groups is 1. The normalized spacial score (nSPS) is 22.2. The molecule has 32 heavy (non-hydrogen) atoms. The van der Waals surface area contributed by atoms with Gasteiger partial charge in [-0.1, -0.05) is 78.1 Å². The van der Waals surface area contributed by atoms with Gasteiger partial charge in [0.25, 0.3) is 0 Å². The van der Waals surface area contributed by atoms with Gasteiger partial charge in [-0.15, -0.1) is 0 Å². The first-order chi connectivity index (χ1) is 15.4. The molecule has 0 bridgehead atoms. The van der Waals surface area contributed by atoms with Crippen LogP contribution in [0.5, 0.6) is 0 Å². The van der Waals surface area contributed by atoms with Crippen LogP contribution >= 0.6 is 0 Å². The van der Waals surface area contributed by atoms with Crippen molar-refractivity contribution in [2.24, 2.45) is 0 Å². The lowest BCUT2D eigenvalue weighted by molar-refractivity contribution is -0.0152. The molecule has 1 unspecified atom stereocenters. The van der Waals surface area contributed by atoms with Crippen molar-refractivity contribution in [3.63, 3.8) is 0 Å². The monoisotopic (exact) mass is 426 g/mol. The summed E-state index contributed by atoms with van der Waals surface area (Å²) >= 11 is 0. The van der Waals surface area contributed by atoms with E-state index in [1.54, 1.807) is 4.90 Å². The first kappa shape index (κ1) is 20.8. The fourth-order valence-electron chi connectivity index (χ4n) is 5.62. The molecule has 0 aromatic heterocycles. The number of benzene rings is 3. The maximum absolute atomic E-state index is 14.2. The van der Waals surface area contributed by atoms with Crippen LogP contribution in [0.15, 0.2) is 72.8 Å². The second-order valence-corrected chi connectivity index (χ2v) is 9.40. The van der Waals surface area contributed by atoms with E-state index in [0.717, 1.165) is 53.6 Å². The van der Waals surface area contributed by atoms with Gasteiger partial charge >= 0.3 is 6.03 Å². The molecule has 1 heterocycles. The Kier molecular flexibility index (Phi) is 4.86. The molecule has 1 spiro atoms. The number of rotatable bonds is 3. The SMILES string of the molecule is Cc1ccc(N2C(=O)N(c3ccc(C)cc3)C(O)(c3cccc(C)c3)C23CCCC3)cc1. The number of nitrogens with zero attached hydrogens (tertiary/aromatic N) is 2. The van der Waals surface area contributed by atoms with E-state index in [-0.39, 0.29) is 6.03 Å². The van der Waals surface area contributed by atoms with E-state index < -0.39 is 11.3 Å². The Morgan fingerprint density at radius 3 is 1.78 bits per heavy atom. The molecule has 2 fully saturated rings. The molecular formula is C28H30N2O2. The molecule has 3 aromatic carbocycles. The number of hydrogen-bond donors (Lipinski definition) is 1. The van der Waals surface area contributed by atoms with Crippen LogP contribution in [-0.2, 0) is 5.72 Å². The Morgan fingerprint density at radius 2 is 1.25 bits per heavy atom. The molecule has 2 amide bonds. The Labute approximate surface area is 190 Å². The van der Waals surface area contributed by atoms with Gasteiger partial charge in [0, 0.05) is 16.9 Å². The highest BCUT2D eigenvalue weighted by Gasteiger charge is 2.68. The number of hydrogen-bond acceptors (Lipinski definition) is 2. The smallest absolute Gasteiger partial charge is 0.332 e. The van der Waals surface area contributed by atoms with E-state index in [4.69, 9.17) is 0 Å². The Balaban J connectivity index is 1.79. The maximum atomic E-state index is 14.2. The maximum Gasteiger partial charge on any atom is 0.332 e. The zero-order valence-corrected chi connectivity index (χ0v) is 19.0. The summed E-state index contributed by atoms with van der Waals surface area (Å²) in [7, 11) is 0. The minimum Gasteiger partial charge on any atom is -0.364 e. The summed E-state index contributed by atoms with van der Waals surface area (Å²) in [6.45, 7) is 6.10. The van der Waals surface area contributed by atoms with Crippen LogP contribution in [0.4, 0.5) is 16.2 Å². The lowest BCUT2D eigenvalue weighted by Gasteiger charge is -2.45. The Hall–Kier alpha value is -3.11. The van der Waals surface area contributed by atoms with Crippen molar-refractivity contribution in [1.29, 1.82) is 0 Å². The zero-order chi connectivity index (χ0) is 22.5. The van der Waals surface area contributed by atoms with E-state index in [0.29, 0.717) is 5.69 Å². The van der Waals surface area contributed by atoms with Crippen molar-refractivity contribution < 1.29 is 9.90 Å². The van der Waals surface area contributed by atoms with Crippen LogP contribution < -0.4 is 9.80 Å². The van der Waals surface area contributed by atoms with Gasteiger partial charge in [0.2, 0.25) is 0 Å². The number of amides is 2. The van der Waals surface area contributed by atoms with Gasteiger partial charge < -0.3 is 5.11 Å². The number of anilines is 2. The lowest BCUT2D eigenvalue weighted by Crippen LogP contribution is -2.58. The van der Waals surface area contributed by atoms with Gasteiger partial charge in [-0.25, -0.2) is 4.79 Å². The molecule has 1 saturated carbocycles. The summed E-state index contributed by atoms with van der Waals surface area (Å²) < 4.78 is 0. The van der Waals surface area contributed by atoms with Crippen LogP contribution in [0.25, 0.3) is 0 Å². The molecule has 1 N–H and O–H groups in total. The van der Waals surface area contributed by atoms with Crippen molar-refractivity contribution in [3.05, 3.63) is 95.1 Å². The fraction of sp³-hybridized carbons (Fsp3) is 0.321. The van der Waals surface area contributed by atoms with Gasteiger partial charge in [0.05, 0.1) is 0 Å². The van der Waals surface area contributed by atoms with Gasteiger partial charge in [0.1, 0.15) is 5.54 Å². The Bertz CT molecular complexity index is 1150. The van der Waals surface area contributed by atoms with Crippen LogP contribution in [0, 0.1) is 20.8 Å². The topological polar surface area (TPSA) is 43.8 Å². The highest BCUT2D eigenvalue weighted by atomic mass is 16.3. The molecule has 0 radical (unpaired) electrons. The lowest BCUT2D eigenvalue weighted by atomic mass is 9.78. The second kappa shape index (κ2) is 7.49. The molecule has 5 rings (SSSR count). The van der Waals surface area contributed by atoms with Crippen LogP contribution in [0.2, 0.25) is 0 Å². The first-order valence-electron chi connectivity index (χ1n) is 11.4. The van der Waals surface area contributed by atoms with Crippen LogP contribution in [0.3, 0.4) is 0 Å². The molecule has 4 heteroatoms. The summed E-state index contributed by atoms with van der Waals surface area (Å²) in [5.41, 5.74) is 3.42. The van der Waals surface area contributed by atoms with E-state index in [2.05, 4.69) is 0 Å². The van der Waals surface area contributed by atoms with E-state index in [1.807, 2.05) is 98.5 Å². The van der Waals surface area contributed by atoms with Crippen LogP contribution in [0.1, 0.15) is 47.9 Å². The molecular weight excluding hydrogens is 396 g/mol. The first-order valence-corrected chi connectivity index (χ1v) is 11.4. The molecule has 164 valence electrons. The minimum absolute atomic E-state index is 0.177. The number of aryl methyl sites for hydroxylation is 3. The number of carbonyl (C=O) groups excluding carboxylic acids is 1. The zero-order valence-electron chi connectivity index (χ0n) is 19.0. The summed E-state index contributed by atoms with van der Waals surface area (Å²) in [6.07, 6.45) is 3.45. The summed E-state index contributed by atoms with van der Waals surface area (Å²) in [6, 6.07) is 23.7. The van der Waals surface area contributed by atoms with Crippen molar-refractivity contribution in [1.82, 2.24) is 0 Å². The summed E-state index contributed by atoms with van der Waals surface area (Å²) in [5, 5.41) is 12.7. The van der Waals surface area contributed by atoms with Crippen molar-refractivity contribution in [3.8, 4) is 0 Å². The molecule has 1 aliphatic carbocycles. The predicted molar refractivity (Wildman–Crippen MR) is 129 cm³/mol. The molecule has 1 aliphatic heterocycles. The average Bonchev–Trinajstić information content (AvgIpc) is 3.34. The van der Waals surface area contributed by atoms with Crippen molar-refractivity contribution in [2.45, 2.75) is 57.7 Å². The standard InChI is InChI=1S/C28H30N2O2/c1-20-9-13-24(14-10-20)29-26(31)30(25-15-11-21(2)12-16-25)28(32,27(29)17-4-5-18-27)23-8-6-7-22(3)19-23/h6-16,19,32H,4-5,17-18H2,1-3H3. The molecule has 1 saturated heterocycles. The number of carbonyl (C=O) groups is 1. The van der Waals surface area contributed by atoms with Gasteiger partial charge in [-0.2, -0.15) is 0 Å². The predicted octanol–water partition coefficient (Wildman–Crippen LogP) is 6.22. The third kappa shape index (κ3) is 2.90. The fourth-order valence-corrected chi connectivity index (χ4v) is 5.62. The highest BCUT2D eigenvalue weighted by Crippen LogP contribution is 2.57. The molecule has 4 nitrogen and oxygen atoms in total. The van der Waals surface area contributed by atoms with E-state index in [9.17, 15) is 9.90 Å². The van der Waals surface area contributed by atoms with Crippen molar-refractivity contribution >= 4 is 17.4 Å². The van der Waals surface area contributed by atoms with E-state index >= 15 is 0 Å². The third-order valence-corrected chi connectivity index (χ3v) is 7.22. The van der Waals surface area contributed by atoms with Gasteiger partial charge in [-0.05, 0) is 57.9 Å². The Morgan fingerprint density at radius 1 is 0.719 bits per heavy atom. The van der Waals surface area contributed by atoms with Crippen molar-refractivity contribution in [2.75, 3.05) is 9.80 Å². The quantitative estimate of drug-likeness (QED) is 0.541. The molecule has 3 aromatic rings. The molecule has 1 atom stereocenters. The summed E-state index contributed by atoms with van der Waals surface area (Å²) in [4.78, 5) is 17.7. The molecule has 2 aliphatic rings. The van der Waals surface area contributed by atoms with Gasteiger partial charge in [-0.3, -0.25) is 9.80 Å². The second-order valence-electron chi connectivity index (χ2n) is 9.40. The minimum atomic E-state index is -1.48. The summed E-state index contributed by atoms with van der Waals surface area (Å²) in [5.74, 6) is 0. The van der Waals surface area contributed by atoms with Crippen LogP contribution in [-0.4, -0.2) is 16.7 Å². The third-order valence-electron chi connectivity index (χ3n) is 7.22. The number of aliphatic hydroxyl groups is 1. The average molecular weight is 427 g/mol. The highest BCUT2D eigenvalue weighted by molar-refractivity contribution is 6.09.